The summed E-state index contributed by atoms with van der Waals surface area (Å²) >= 11 is 5.83. The summed E-state index contributed by atoms with van der Waals surface area (Å²) in [5.41, 5.74) is 3.08. The first kappa shape index (κ1) is 13.3. The summed E-state index contributed by atoms with van der Waals surface area (Å²) in [6.45, 7) is 0. The molecule has 0 aliphatic rings. The molecule has 0 fully saturated rings. The van der Waals surface area contributed by atoms with Gasteiger partial charge in [-0.2, -0.15) is 0 Å². The Kier molecular flexibility index (Phi) is 3.94. The van der Waals surface area contributed by atoms with E-state index in [9.17, 15) is 9.18 Å². The normalized spacial score (nSPS) is 10.1. The molecule has 0 saturated heterocycles. The van der Waals surface area contributed by atoms with Gasteiger partial charge in [0, 0.05) is 5.02 Å². The Morgan fingerprint density at radius 3 is 2.74 bits per heavy atom. The third-order valence-electron chi connectivity index (χ3n) is 2.35. The van der Waals surface area contributed by atoms with Gasteiger partial charge < -0.3 is 10.7 Å². The number of carbonyl (C=O) groups excluding carboxylic acids is 1. The number of hydrogen-bond acceptors (Lipinski definition) is 4. The molecule has 1 amide bonds. The van der Waals surface area contributed by atoms with Gasteiger partial charge in [-0.05, 0) is 30.3 Å². The molecule has 0 bridgehead atoms. The first-order valence-corrected chi connectivity index (χ1v) is 5.67. The maximum atomic E-state index is 12.7. The summed E-state index contributed by atoms with van der Waals surface area (Å²) in [5, 5.41) is 2.92. The molecule has 0 aliphatic carbocycles. The van der Waals surface area contributed by atoms with Crippen molar-refractivity contribution in [2.75, 3.05) is 10.7 Å². The predicted octanol–water partition coefficient (Wildman–Crippen LogP) is 2.41. The number of amides is 1. The molecule has 0 unspecified atom stereocenters. The smallest absolute Gasteiger partial charge is 0.259 e. The molecule has 0 saturated carbocycles. The minimum absolute atomic E-state index is 0.231. The van der Waals surface area contributed by atoms with Crippen molar-refractivity contribution < 1.29 is 9.18 Å². The quantitative estimate of drug-likeness (QED) is 0.596. The van der Waals surface area contributed by atoms with Gasteiger partial charge in [0.2, 0.25) is 0 Å². The van der Waals surface area contributed by atoms with Gasteiger partial charge in [0.25, 0.3) is 5.91 Å². The fourth-order valence-electron chi connectivity index (χ4n) is 1.46. The number of nitrogen functional groups attached to an aromatic ring is 1. The highest BCUT2D eigenvalue weighted by molar-refractivity contribution is 6.31. The van der Waals surface area contributed by atoms with Gasteiger partial charge in [0.15, 0.2) is 0 Å². The van der Waals surface area contributed by atoms with Crippen molar-refractivity contribution >= 4 is 29.0 Å². The lowest BCUT2D eigenvalue weighted by atomic mass is 10.1. The number of nitrogens with zero attached hydrogens (tertiary/aromatic N) is 1. The highest BCUT2D eigenvalue weighted by atomic mass is 35.5. The van der Waals surface area contributed by atoms with Crippen LogP contribution < -0.4 is 16.6 Å². The van der Waals surface area contributed by atoms with E-state index in [-0.39, 0.29) is 11.4 Å². The van der Waals surface area contributed by atoms with Crippen LogP contribution in [-0.2, 0) is 0 Å². The van der Waals surface area contributed by atoms with Gasteiger partial charge in [-0.1, -0.05) is 11.6 Å². The molecule has 1 heterocycles. The van der Waals surface area contributed by atoms with Crippen LogP contribution in [-0.4, -0.2) is 10.9 Å². The molecule has 4 N–H and O–H groups in total. The lowest BCUT2D eigenvalue weighted by Crippen LogP contribution is -2.17. The first-order chi connectivity index (χ1) is 9.10. The largest absolute Gasteiger partial charge is 0.323 e. The molecule has 2 aromatic rings. The molecule has 0 aliphatic heterocycles. The summed E-state index contributed by atoms with van der Waals surface area (Å²) in [6.07, 6.45) is 1.01. The molecular formula is C12H10ClFN4O. The second-order valence-corrected chi connectivity index (χ2v) is 4.09. The van der Waals surface area contributed by atoms with Crippen molar-refractivity contribution in [2.24, 2.45) is 5.84 Å². The average molecular weight is 281 g/mol. The molecular weight excluding hydrogens is 271 g/mol. The molecule has 2 rings (SSSR count). The van der Waals surface area contributed by atoms with E-state index in [1.54, 1.807) is 12.1 Å². The molecule has 0 spiro atoms. The van der Waals surface area contributed by atoms with Gasteiger partial charge in [-0.3, -0.25) is 10.6 Å². The van der Waals surface area contributed by atoms with Crippen LogP contribution in [0.4, 0.5) is 15.9 Å². The Balaban J connectivity index is 2.24. The topological polar surface area (TPSA) is 80.0 Å². The van der Waals surface area contributed by atoms with Crippen molar-refractivity contribution in [3.63, 3.8) is 0 Å². The Hall–Kier alpha value is -2.18. The Bertz CT molecular complexity index is 603. The SMILES string of the molecule is NNc1ccc(Cl)cc1C(=O)Nc1ccc(F)cn1. The van der Waals surface area contributed by atoms with Gasteiger partial charge in [-0.25, -0.2) is 9.37 Å². The number of halogens is 2. The summed E-state index contributed by atoms with van der Waals surface area (Å²) in [6, 6.07) is 7.20. The van der Waals surface area contributed by atoms with E-state index >= 15 is 0 Å². The minimum Gasteiger partial charge on any atom is -0.323 e. The van der Waals surface area contributed by atoms with Gasteiger partial charge in [0.05, 0.1) is 17.4 Å². The number of rotatable bonds is 3. The number of nitrogens with one attached hydrogen (secondary N) is 2. The van der Waals surface area contributed by atoms with Gasteiger partial charge >= 0.3 is 0 Å². The predicted molar refractivity (Wildman–Crippen MR) is 71.4 cm³/mol. The Labute approximate surface area is 113 Å². The molecule has 98 valence electrons. The van der Waals surface area contributed by atoms with Crippen molar-refractivity contribution in [1.82, 2.24) is 4.98 Å². The third-order valence-corrected chi connectivity index (χ3v) is 2.59. The van der Waals surface area contributed by atoms with Crippen LogP contribution in [0.15, 0.2) is 36.5 Å². The second-order valence-electron chi connectivity index (χ2n) is 3.65. The monoisotopic (exact) mass is 280 g/mol. The summed E-state index contributed by atoms with van der Waals surface area (Å²) in [5.74, 6) is 4.61. The minimum atomic E-state index is -0.481. The van der Waals surface area contributed by atoms with Crippen molar-refractivity contribution in [2.45, 2.75) is 0 Å². The number of anilines is 2. The van der Waals surface area contributed by atoms with E-state index in [4.69, 9.17) is 17.4 Å². The molecule has 1 aromatic heterocycles. The Morgan fingerprint density at radius 2 is 2.11 bits per heavy atom. The average Bonchev–Trinajstić information content (AvgIpc) is 2.41. The first-order valence-electron chi connectivity index (χ1n) is 5.29. The number of nitrogens with two attached hydrogens (primary N) is 1. The maximum Gasteiger partial charge on any atom is 0.259 e. The van der Waals surface area contributed by atoms with E-state index < -0.39 is 11.7 Å². The highest BCUT2D eigenvalue weighted by Gasteiger charge is 2.12. The van der Waals surface area contributed by atoms with Crippen molar-refractivity contribution in [1.29, 1.82) is 0 Å². The zero-order valence-electron chi connectivity index (χ0n) is 9.65. The summed E-state index contributed by atoms with van der Waals surface area (Å²) in [4.78, 5) is 15.8. The molecule has 19 heavy (non-hydrogen) atoms. The fraction of sp³-hybridized carbons (Fsp3) is 0. The molecule has 7 heteroatoms. The lowest BCUT2D eigenvalue weighted by molar-refractivity contribution is 0.102. The standard InChI is InChI=1S/C12H10ClFN4O/c13-7-1-3-10(18-15)9(5-7)12(19)17-11-4-2-8(14)6-16-11/h1-6,18H,15H2,(H,16,17,19). The van der Waals surface area contributed by atoms with Crippen molar-refractivity contribution in [3.05, 3.63) is 52.9 Å². The van der Waals surface area contributed by atoms with E-state index in [1.807, 2.05) is 0 Å². The molecule has 1 aromatic carbocycles. The zero-order valence-corrected chi connectivity index (χ0v) is 10.4. The Morgan fingerprint density at radius 1 is 1.32 bits per heavy atom. The van der Waals surface area contributed by atoms with E-state index in [1.165, 1.54) is 18.2 Å². The van der Waals surface area contributed by atoms with Crippen LogP contribution in [0.25, 0.3) is 0 Å². The summed E-state index contributed by atoms with van der Waals surface area (Å²) < 4.78 is 12.7. The van der Waals surface area contributed by atoms with E-state index in [0.717, 1.165) is 6.20 Å². The fourth-order valence-corrected chi connectivity index (χ4v) is 1.64. The summed E-state index contributed by atoms with van der Waals surface area (Å²) in [7, 11) is 0. The van der Waals surface area contributed by atoms with Crippen LogP contribution in [0.3, 0.4) is 0 Å². The number of aromatic nitrogens is 1. The highest BCUT2D eigenvalue weighted by Crippen LogP contribution is 2.20. The number of benzene rings is 1. The number of carbonyl (C=O) groups is 1. The van der Waals surface area contributed by atoms with E-state index in [2.05, 4.69) is 15.7 Å². The van der Waals surface area contributed by atoms with Gasteiger partial charge in [-0.15, -0.1) is 0 Å². The van der Waals surface area contributed by atoms with Gasteiger partial charge in [0.1, 0.15) is 11.6 Å². The lowest BCUT2D eigenvalue weighted by Gasteiger charge is -2.09. The van der Waals surface area contributed by atoms with E-state index in [0.29, 0.717) is 10.7 Å². The van der Waals surface area contributed by atoms with Crippen LogP contribution in [0, 0.1) is 5.82 Å². The number of hydrogen-bond donors (Lipinski definition) is 3. The van der Waals surface area contributed by atoms with Crippen LogP contribution in [0.2, 0.25) is 5.02 Å². The van der Waals surface area contributed by atoms with Crippen LogP contribution in [0.5, 0.6) is 0 Å². The maximum absolute atomic E-state index is 12.7. The zero-order chi connectivity index (χ0) is 13.8. The third kappa shape index (κ3) is 3.18. The second kappa shape index (κ2) is 5.64. The molecule has 0 atom stereocenters. The van der Waals surface area contributed by atoms with Crippen molar-refractivity contribution in [3.8, 4) is 0 Å². The number of pyridine rings is 1. The van der Waals surface area contributed by atoms with Crippen LogP contribution in [0.1, 0.15) is 10.4 Å². The number of hydrazine groups is 1. The molecule has 0 radical (unpaired) electrons. The van der Waals surface area contributed by atoms with Crippen LogP contribution >= 0.6 is 11.6 Å². The molecule has 5 nitrogen and oxygen atoms in total.